The van der Waals surface area contributed by atoms with Gasteiger partial charge in [-0.15, -0.1) is 0 Å². The van der Waals surface area contributed by atoms with Crippen LogP contribution < -0.4 is 5.73 Å². The lowest BCUT2D eigenvalue weighted by atomic mass is 10.3. The number of anilines is 1. The summed E-state index contributed by atoms with van der Waals surface area (Å²) in [4.78, 5) is 14.5. The number of nitrogen functional groups attached to an aromatic ring is 1. The number of hydrogen-bond donors (Lipinski definition) is 1. The van der Waals surface area contributed by atoms with Crippen LogP contribution in [0.15, 0.2) is 23.1 Å². The second-order valence-electron chi connectivity index (χ2n) is 4.56. The predicted molar refractivity (Wildman–Crippen MR) is 79.1 cm³/mol. The highest BCUT2D eigenvalue weighted by atomic mass is 35.5. The molecule has 1 aliphatic rings. The number of carbonyl (C=O) groups excluding carboxylic acids is 1. The van der Waals surface area contributed by atoms with Crippen LogP contribution in [0, 0.1) is 0 Å². The Morgan fingerprint density at radius 2 is 2.10 bits per heavy atom. The molecule has 2 rings (SSSR count). The SMILES string of the molecule is CC(C(=O)N1CCOCC1)S(=O)c1ccc(N)c(Cl)c1. The lowest BCUT2D eigenvalue weighted by Gasteiger charge is -2.29. The second-order valence-corrected chi connectivity index (χ2v) is 6.74. The van der Waals surface area contributed by atoms with E-state index in [-0.39, 0.29) is 5.91 Å². The van der Waals surface area contributed by atoms with Crippen molar-refractivity contribution in [3.8, 4) is 0 Å². The summed E-state index contributed by atoms with van der Waals surface area (Å²) >= 11 is 5.92. The van der Waals surface area contributed by atoms with Gasteiger partial charge in [-0.2, -0.15) is 0 Å². The van der Waals surface area contributed by atoms with Crippen molar-refractivity contribution in [1.29, 1.82) is 0 Å². The van der Waals surface area contributed by atoms with Crippen LogP contribution in [0.5, 0.6) is 0 Å². The normalized spacial score (nSPS) is 18.6. The zero-order chi connectivity index (χ0) is 14.7. The molecule has 1 aromatic rings. The molecule has 1 heterocycles. The van der Waals surface area contributed by atoms with E-state index in [9.17, 15) is 9.00 Å². The number of carbonyl (C=O) groups is 1. The topological polar surface area (TPSA) is 72.6 Å². The van der Waals surface area contributed by atoms with Gasteiger partial charge < -0.3 is 15.4 Å². The Morgan fingerprint density at radius 3 is 2.70 bits per heavy atom. The number of amides is 1. The molecule has 110 valence electrons. The maximum Gasteiger partial charge on any atom is 0.238 e. The lowest BCUT2D eigenvalue weighted by molar-refractivity contribution is -0.134. The molecular formula is C13H17ClN2O3S. The van der Waals surface area contributed by atoms with Crippen molar-refractivity contribution in [1.82, 2.24) is 4.90 Å². The minimum atomic E-state index is -1.45. The van der Waals surface area contributed by atoms with Gasteiger partial charge in [-0.1, -0.05) is 11.6 Å². The zero-order valence-corrected chi connectivity index (χ0v) is 12.7. The average molecular weight is 317 g/mol. The van der Waals surface area contributed by atoms with E-state index in [2.05, 4.69) is 0 Å². The van der Waals surface area contributed by atoms with Crippen molar-refractivity contribution >= 4 is 34.0 Å². The lowest BCUT2D eigenvalue weighted by Crippen LogP contribution is -2.45. The molecule has 2 atom stereocenters. The summed E-state index contributed by atoms with van der Waals surface area (Å²) in [5.41, 5.74) is 6.05. The number of nitrogens with two attached hydrogens (primary N) is 1. The number of morpholine rings is 1. The Labute approximate surface area is 125 Å². The number of rotatable bonds is 3. The molecule has 20 heavy (non-hydrogen) atoms. The molecule has 0 saturated carbocycles. The van der Waals surface area contributed by atoms with E-state index in [1.807, 2.05) is 0 Å². The van der Waals surface area contributed by atoms with Gasteiger partial charge in [0.1, 0.15) is 5.25 Å². The van der Waals surface area contributed by atoms with E-state index >= 15 is 0 Å². The van der Waals surface area contributed by atoms with E-state index in [4.69, 9.17) is 22.1 Å². The van der Waals surface area contributed by atoms with Crippen LogP contribution in [0.2, 0.25) is 5.02 Å². The molecule has 1 aromatic carbocycles. The van der Waals surface area contributed by atoms with Crippen molar-refractivity contribution in [2.75, 3.05) is 32.0 Å². The first-order chi connectivity index (χ1) is 9.50. The third kappa shape index (κ3) is 3.31. The van der Waals surface area contributed by atoms with Crippen LogP contribution in [0.25, 0.3) is 0 Å². The summed E-state index contributed by atoms with van der Waals surface area (Å²) in [6, 6.07) is 4.79. The van der Waals surface area contributed by atoms with Crippen LogP contribution in [-0.2, 0) is 20.3 Å². The van der Waals surface area contributed by atoms with E-state index in [0.29, 0.717) is 41.9 Å². The van der Waals surface area contributed by atoms with Gasteiger partial charge in [0.05, 0.1) is 34.7 Å². The molecule has 1 amide bonds. The Balaban J connectivity index is 2.10. The summed E-state index contributed by atoms with van der Waals surface area (Å²) in [5.74, 6) is -0.125. The zero-order valence-electron chi connectivity index (χ0n) is 11.2. The molecule has 5 nitrogen and oxygen atoms in total. The molecule has 1 aliphatic heterocycles. The second kappa shape index (κ2) is 6.56. The quantitative estimate of drug-likeness (QED) is 0.853. The maximum absolute atomic E-state index is 12.4. The molecule has 2 unspecified atom stereocenters. The Morgan fingerprint density at radius 1 is 1.45 bits per heavy atom. The van der Waals surface area contributed by atoms with Crippen molar-refractivity contribution in [3.05, 3.63) is 23.2 Å². The summed E-state index contributed by atoms with van der Waals surface area (Å²) in [6.45, 7) is 3.81. The minimum absolute atomic E-state index is 0.125. The monoisotopic (exact) mass is 316 g/mol. The van der Waals surface area contributed by atoms with Gasteiger partial charge in [-0.25, -0.2) is 0 Å². The molecule has 0 aromatic heterocycles. The van der Waals surface area contributed by atoms with Crippen molar-refractivity contribution in [3.63, 3.8) is 0 Å². The first-order valence-electron chi connectivity index (χ1n) is 6.33. The molecule has 7 heteroatoms. The molecule has 0 spiro atoms. The first kappa shape index (κ1) is 15.3. The van der Waals surface area contributed by atoms with Crippen LogP contribution in [0.4, 0.5) is 5.69 Å². The average Bonchev–Trinajstić information content (AvgIpc) is 2.48. The predicted octanol–water partition coefficient (Wildman–Crippen LogP) is 1.28. The fourth-order valence-electron chi connectivity index (χ4n) is 1.97. The molecule has 2 N–H and O–H groups in total. The summed E-state index contributed by atoms with van der Waals surface area (Å²) < 4.78 is 17.6. The fourth-order valence-corrected chi connectivity index (χ4v) is 3.39. The van der Waals surface area contributed by atoms with Gasteiger partial charge in [-0.3, -0.25) is 9.00 Å². The van der Waals surface area contributed by atoms with Crippen molar-refractivity contribution in [2.24, 2.45) is 0 Å². The fraction of sp³-hybridized carbons (Fsp3) is 0.462. The van der Waals surface area contributed by atoms with Crippen LogP contribution >= 0.6 is 11.6 Å². The van der Waals surface area contributed by atoms with Gasteiger partial charge in [-0.05, 0) is 25.1 Å². The third-order valence-electron chi connectivity index (χ3n) is 3.20. The van der Waals surface area contributed by atoms with Crippen LogP contribution in [0.1, 0.15) is 6.92 Å². The highest BCUT2D eigenvalue weighted by Crippen LogP contribution is 2.23. The molecule has 1 fully saturated rings. The number of benzene rings is 1. The number of hydrogen-bond acceptors (Lipinski definition) is 4. The first-order valence-corrected chi connectivity index (χ1v) is 7.92. The highest BCUT2D eigenvalue weighted by molar-refractivity contribution is 7.86. The number of halogens is 1. The largest absolute Gasteiger partial charge is 0.398 e. The van der Waals surface area contributed by atoms with Crippen molar-refractivity contribution < 1.29 is 13.7 Å². The Kier molecular flexibility index (Phi) is 5.01. The summed E-state index contributed by atoms with van der Waals surface area (Å²) in [6.07, 6.45) is 0. The number of ether oxygens (including phenoxy) is 1. The van der Waals surface area contributed by atoms with Gasteiger partial charge >= 0.3 is 0 Å². The van der Waals surface area contributed by atoms with E-state index < -0.39 is 16.0 Å². The van der Waals surface area contributed by atoms with Gasteiger partial charge in [0.2, 0.25) is 5.91 Å². The van der Waals surface area contributed by atoms with Gasteiger partial charge in [0.25, 0.3) is 0 Å². The molecule has 0 radical (unpaired) electrons. The van der Waals surface area contributed by atoms with E-state index in [1.54, 1.807) is 30.0 Å². The standard InChI is InChI=1S/C13H17ClN2O3S/c1-9(13(17)16-4-6-19-7-5-16)20(18)10-2-3-12(15)11(14)8-10/h2-3,8-9H,4-7,15H2,1H3. The van der Waals surface area contributed by atoms with Gasteiger partial charge in [0, 0.05) is 18.0 Å². The third-order valence-corrected chi connectivity index (χ3v) is 5.09. The van der Waals surface area contributed by atoms with E-state index in [1.165, 1.54) is 0 Å². The molecule has 0 aliphatic carbocycles. The Bertz CT molecular complexity index is 532. The molecule has 1 saturated heterocycles. The molecule has 0 bridgehead atoms. The highest BCUT2D eigenvalue weighted by Gasteiger charge is 2.27. The van der Waals surface area contributed by atoms with E-state index in [0.717, 1.165) is 0 Å². The Hall–Kier alpha value is -1.11. The van der Waals surface area contributed by atoms with Crippen LogP contribution in [-0.4, -0.2) is 46.6 Å². The maximum atomic E-state index is 12.4. The van der Waals surface area contributed by atoms with Crippen molar-refractivity contribution in [2.45, 2.75) is 17.1 Å². The smallest absolute Gasteiger partial charge is 0.238 e. The summed E-state index contributed by atoms with van der Waals surface area (Å²) in [7, 11) is -1.45. The molecular weight excluding hydrogens is 300 g/mol. The number of nitrogens with zero attached hydrogens (tertiary/aromatic N) is 1. The van der Waals surface area contributed by atoms with Gasteiger partial charge in [0.15, 0.2) is 0 Å². The minimum Gasteiger partial charge on any atom is -0.398 e. The van der Waals surface area contributed by atoms with Crippen LogP contribution in [0.3, 0.4) is 0 Å². The summed E-state index contributed by atoms with van der Waals surface area (Å²) in [5, 5.41) is -0.269.